The molecule has 4 atom stereocenters. The van der Waals surface area contributed by atoms with Crippen molar-refractivity contribution < 1.29 is 18.8 Å². The molecule has 1 saturated heterocycles. The van der Waals surface area contributed by atoms with Crippen LogP contribution in [0.5, 0.6) is 0 Å². The van der Waals surface area contributed by atoms with Crippen LogP contribution in [0.3, 0.4) is 0 Å². The van der Waals surface area contributed by atoms with E-state index in [-0.39, 0.29) is 22.6 Å². The number of nitriles is 1. The van der Waals surface area contributed by atoms with Crippen molar-refractivity contribution in [1.29, 1.82) is 5.26 Å². The number of carbonyl (C=O) groups is 3. The van der Waals surface area contributed by atoms with Gasteiger partial charge in [0, 0.05) is 33.4 Å². The van der Waals surface area contributed by atoms with Crippen LogP contribution in [0.4, 0.5) is 15.8 Å². The Balaban J connectivity index is 1.69. The van der Waals surface area contributed by atoms with Crippen molar-refractivity contribution in [3.8, 4) is 6.07 Å². The van der Waals surface area contributed by atoms with Gasteiger partial charge in [0.15, 0.2) is 0 Å². The average Bonchev–Trinajstić information content (AvgIpc) is 3.47. The van der Waals surface area contributed by atoms with E-state index in [2.05, 4.69) is 22.0 Å². The fourth-order valence-electron chi connectivity index (χ4n) is 6.32. The summed E-state index contributed by atoms with van der Waals surface area (Å²) in [5, 5.41) is 19.1. The number of nitrogens with one attached hydrogen (secondary N) is 3. The fourth-order valence-corrected chi connectivity index (χ4v) is 6.66. The molecule has 0 aliphatic carbocycles. The van der Waals surface area contributed by atoms with Crippen LogP contribution in [-0.4, -0.2) is 29.8 Å². The van der Waals surface area contributed by atoms with E-state index in [9.17, 15) is 19.6 Å². The van der Waals surface area contributed by atoms with E-state index in [0.29, 0.717) is 28.4 Å². The first-order valence-electron chi connectivity index (χ1n) is 13.3. The summed E-state index contributed by atoms with van der Waals surface area (Å²) in [7, 11) is 0. The quantitative estimate of drug-likeness (QED) is 0.280. The van der Waals surface area contributed by atoms with Gasteiger partial charge < -0.3 is 21.7 Å². The number of benzene rings is 3. The van der Waals surface area contributed by atoms with Gasteiger partial charge in [-0.25, -0.2) is 4.39 Å². The van der Waals surface area contributed by atoms with Crippen LogP contribution in [0.2, 0.25) is 10.0 Å². The minimum atomic E-state index is -1.47. The largest absolute Gasteiger partial charge is 0.366 e. The van der Waals surface area contributed by atoms with Crippen molar-refractivity contribution in [2.45, 2.75) is 50.1 Å². The summed E-state index contributed by atoms with van der Waals surface area (Å²) in [5.74, 6) is -3.31. The molecule has 42 heavy (non-hydrogen) atoms. The highest BCUT2D eigenvalue weighted by molar-refractivity contribution is 6.31. The van der Waals surface area contributed by atoms with Crippen molar-refractivity contribution in [2.24, 2.45) is 11.1 Å². The molecule has 5 rings (SSSR count). The van der Waals surface area contributed by atoms with Crippen molar-refractivity contribution >= 4 is 52.3 Å². The maximum Gasteiger partial charge on any atom is 0.248 e. The van der Waals surface area contributed by atoms with Crippen molar-refractivity contribution in [1.82, 2.24) is 5.32 Å². The lowest BCUT2D eigenvalue weighted by Gasteiger charge is -2.39. The molecule has 0 radical (unpaired) electrons. The van der Waals surface area contributed by atoms with E-state index < -0.39 is 52.4 Å². The van der Waals surface area contributed by atoms with Gasteiger partial charge in [-0.1, -0.05) is 41.4 Å². The first-order chi connectivity index (χ1) is 19.9. The Kier molecular flexibility index (Phi) is 7.75. The number of anilines is 2. The lowest BCUT2D eigenvalue weighted by atomic mass is 9.62. The third kappa shape index (κ3) is 5.22. The summed E-state index contributed by atoms with van der Waals surface area (Å²) >= 11 is 12.5. The first kappa shape index (κ1) is 29.5. The second-order valence-electron chi connectivity index (χ2n) is 11.4. The van der Waals surface area contributed by atoms with Crippen molar-refractivity contribution in [3.05, 3.63) is 93.2 Å². The van der Waals surface area contributed by atoms with E-state index in [4.69, 9.17) is 28.9 Å². The SMILES string of the molecule is CC(C)(C#N)C[C@H]1C[C@](c2cccc(Cl)c2F)(C2C(=O)Nc3cc(Cl)ccc32)[C@H](C(=O)Nc2ccc(C(N)=O)cc2)N1. The normalized spacial score (nSPS) is 23.1. The van der Waals surface area contributed by atoms with E-state index >= 15 is 4.39 Å². The number of primary amides is 1. The smallest absolute Gasteiger partial charge is 0.248 e. The number of rotatable bonds is 7. The third-order valence-electron chi connectivity index (χ3n) is 8.07. The number of hydrogen-bond donors (Lipinski definition) is 4. The molecule has 0 bridgehead atoms. The van der Waals surface area contributed by atoms with Gasteiger partial charge in [0.1, 0.15) is 5.82 Å². The Hall–Kier alpha value is -3.97. The van der Waals surface area contributed by atoms with Gasteiger partial charge in [-0.3, -0.25) is 14.4 Å². The molecule has 3 aromatic carbocycles. The predicted molar refractivity (Wildman–Crippen MR) is 159 cm³/mol. The topological polar surface area (TPSA) is 137 Å². The van der Waals surface area contributed by atoms with E-state index in [0.717, 1.165) is 0 Å². The Morgan fingerprint density at radius 3 is 2.55 bits per heavy atom. The fraction of sp³-hybridized carbons (Fsp3) is 0.290. The number of halogens is 3. The molecule has 1 fully saturated rings. The summed E-state index contributed by atoms with van der Waals surface area (Å²) in [6.07, 6.45) is 0.473. The molecule has 5 N–H and O–H groups in total. The van der Waals surface area contributed by atoms with E-state index in [1.165, 1.54) is 30.3 Å². The molecule has 216 valence electrons. The van der Waals surface area contributed by atoms with Gasteiger partial charge in [0.2, 0.25) is 17.7 Å². The Bertz CT molecular complexity index is 1640. The predicted octanol–water partition coefficient (Wildman–Crippen LogP) is 5.51. The molecule has 3 amide bonds. The molecule has 3 aromatic rings. The monoisotopic (exact) mass is 607 g/mol. The minimum Gasteiger partial charge on any atom is -0.366 e. The number of hydrogen-bond acceptors (Lipinski definition) is 5. The average molecular weight is 609 g/mol. The van der Waals surface area contributed by atoms with Crippen LogP contribution in [-0.2, 0) is 15.0 Å². The molecule has 0 saturated carbocycles. The van der Waals surface area contributed by atoms with Crippen LogP contribution < -0.4 is 21.7 Å². The highest BCUT2D eigenvalue weighted by Crippen LogP contribution is 2.55. The highest BCUT2D eigenvalue weighted by Gasteiger charge is 2.61. The maximum atomic E-state index is 16.1. The molecule has 1 unspecified atom stereocenters. The molecule has 0 aromatic heterocycles. The van der Waals surface area contributed by atoms with E-state index in [1.54, 1.807) is 44.2 Å². The Labute approximate surface area is 252 Å². The summed E-state index contributed by atoms with van der Waals surface area (Å²) < 4.78 is 16.1. The van der Waals surface area contributed by atoms with Crippen molar-refractivity contribution in [2.75, 3.05) is 10.6 Å². The molecule has 2 aliphatic rings. The lowest BCUT2D eigenvalue weighted by molar-refractivity contribution is -0.121. The van der Waals surface area contributed by atoms with Crippen LogP contribution in [0.15, 0.2) is 60.7 Å². The standard InChI is InChI=1S/C31H28Cl2FN5O3/c1-30(2,15-35)13-19-14-31(21-4-3-5-22(33)25(21)34,24-20-11-8-17(32)12-23(20)39-28(24)41)26(37-19)29(42)38-18-9-6-16(7-10-18)27(36)40/h3-12,19,24,26,37H,13-14H2,1-2H3,(H2,36,40)(H,38,42)(H,39,41)/t19-,24?,26-,31-/m0/s1. The van der Waals surface area contributed by atoms with Crippen LogP contribution in [0, 0.1) is 22.6 Å². The summed E-state index contributed by atoms with van der Waals surface area (Å²) in [6.45, 7) is 3.56. The Morgan fingerprint density at radius 1 is 1.17 bits per heavy atom. The van der Waals surface area contributed by atoms with Crippen molar-refractivity contribution in [3.63, 3.8) is 0 Å². The molecule has 11 heteroatoms. The van der Waals surface area contributed by atoms with Gasteiger partial charge in [0.05, 0.1) is 28.5 Å². The number of amides is 3. The Morgan fingerprint density at radius 2 is 1.88 bits per heavy atom. The molecule has 0 spiro atoms. The summed E-state index contributed by atoms with van der Waals surface area (Å²) in [4.78, 5) is 39.5. The molecule has 2 heterocycles. The van der Waals surface area contributed by atoms with Crippen LogP contribution >= 0.6 is 23.2 Å². The molecule has 8 nitrogen and oxygen atoms in total. The van der Waals surface area contributed by atoms with Gasteiger partial charge in [0.25, 0.3) is 0 Å². The number of nitrogens with zero attached hydrogens (tertiary/aromatic N) is 1. The number of fused-ring (bicyclic) bond motifs is 1. The van der Waals surface area contributed by atoms with Crippen LogP contribution in [0.25, 0.3) is 0 Å². The third-order valence-corrected chi connectivity index (χ3v) is 8.60. The van der Waals surface area contributed by atoms with Gasteiger partial charge in [-0.15, -0.1) is 0 Å². The van der Waals surface area contributed by atoms with Gasteiger partial charge in [-0.05, 0) is 80.3 Å². The number of nitrogens with two attached hydrogens (primary N) is 1. The highest BCUT2D eigenvalue weighted by atomic mass is 35.5. The van der Waals surface area contributed by atoms with E-state index in [1.807, 2.05) is 0 Å². The number of carbonyl (C=O) groups excluding carboxylic acids is 3. The first-order valence-corrected chi connectivity index (χ1v) is 14.0. The molecule has 2 aliphatic heterocycles. The zero-order valence-corrected chi connectivity index (χ0v) is 24.3. The molecular weight excluding hydrogens is 580 g/mol. The zero-order chi connectivity index (χ0) is 30.4. The summed E-state index contributed by atoms with van der Waals surface area (Å²) in [5.41, 5.74) is 4.87. The minimum absolute atomic E-state index is 0.104. The summed E-state index contributed by atoms with van der Waals surface area (Å²) in [6, 6.07) is 16.2. The lowest BCUT2D eigenvalue weighted by Crippen LogP contribution is -2.54. The van der Waals surface area contributed by atoms with Gasteiger partial charge in [-0.2, -0.15) is 5.26 Å². The zero-order valence-electron chi connectivity index (χ0n) is 22.8. The second-order valence-corrected chi connectivity index (χ2v) is 12.3. The second kappa shape index (κ2) is 11.0. The maximum absolute atomic E-state index is 16.1. The van der Waals surface area contributed by atoms with Gasteiger partial charge >= 0.3 is 0 Å². The van der Waals surface area contributed by atoms with Crippen LogP contribution in [0.1, 0.15) is 54.1 Å². The molecular formula is C31H28Cl2FN5O3.